The summed E-state index contributed by atoms with van der Waals surface area (Å²) >= 11 is 1.33. The van der Waals surface area contributed by atoms with Gasteiger partial charge in [0.15, 0.2) is 0 Å². The van der Waals surface area contributed by atoms with E-state index >= 15 is 0 Å². The van der Waals surface area contributed by atoms with Crippen molar-refractivity contribution in [3.8, 4) is 5.75 Å². The average molecular weight is 392 g/mol. The van der Waals surface area contributed by atoms with Crippen molar-refractivity contribution in [1.82, 2.24) is 0 Å². The monoisotopic (exact) mass is 392 g/mol. The van der Waals surface area contributed by atoms with E-state index in [0.717, 1.165) is 33.1 Å². The van der Waals surface area contributed by atoms with Gasteiger partial charge < -0.3 is 15.4 Å². The van der Waals surface area contributed by atoms with Crippen molar-refractivity contribution in [2.45, 2.75) is 19.3 Å². The molecule has 2 amide bonds. The topological polar surface area (TPSA) is 67.4 Å². The van der Waals surface area contributed by atoms with Crippen molar-refractivity contribution >= 4 is 33.8 Å². The SMILES string of the molecule is COc1ccc(C2CC(=O)Nc3sc(C(=O)Nc4ccccc4)c(C)c32)cc1. The van der Waals surface area contributed by atoms with Gasteiger partial charge in [0, 0.05) is 18.0 Å². The molecule has 1 aliphatic rings. The molecule has 1 aliphatic heterocycles. The van der Waals surface area contributed by atoms with Crippen LogP contribution in [0.2, 0.25) is 0 Å². The van der Waals surface area contributed by atoms with Gasteiger partial charge in [0.25, 0.3) is 5.91 Å². The van der Waals surface area contributed by atoms with Crippen molar-refractivity contribution in [2.24, 2.45) is 0 Å². The van der Waals surface area contributed by atoms with Gasteiger partial charge in [0.1, 0.15) is 5.75 Å². The van der Waals surface area contributed by atoms with E-state index in [2.05, 4.69) is 10.6 Å². The molecule has 1 unspecified atom stereocenters. The van der Waals surface area contributed by atoms with Crippen molar-refractivity contribution in [3.63, 3.8) is 0 Å². The Morgan fingerprint density at radius 3 is 2.54 bits per heavy atom. The molecule has 3 aromatic rings. The molecule has 1 atom stereocenters. The first-order valence-electron chi connectivity index (χ1n) is 9.00. The number of benzene rings is 2. The molecule has 28 heavy (non-hydrogen) atoms. The molecule has 0 spiro atoms. The van der Waals surface area contributed by atoms with E-state index in [4.69, 9.17) is 4.74 Å². The molecule has 0 radical (unpaired) electrons. The second-order valence-electron chi connectivity index (χ2n) is 6.70. The summed E-state index contributed by atoms with van der Waals surface area (Å²) in [7, 11) is 1.63. The van der Waals surface area contributed by atoms with Crippen molar-refractivity contribution < 1.29 is 14.3 Å². The molecule has 2 aromatic carbocycles. The number of amides is 2. The maximum atomic E-state index is 12.8. The largest absolute Gasteiger partial charge is 0.497 e. The average Bonchev–Trinajstić information content (AvgIpc) is 3.04. The van der Waals surface area contributed by atoms with E-state index in [0.29, 0.717) is 11.3 Å². The molecule has 0 bridgehead atoms. The zero-order chi connectivity index (χ0) is 19.7. The first-order valence-corrected chi connectivity index (χ1v) is 9.82. The minimum absolute atomic E-state index is 0.0374. The Morgan fingerprint density at radius 2 is 1.86 bits per heavy atom. The molecule has 0 fully saturated rings. The van der Waals surface area contributed by atoms with Crippen LogP contribution in [0.15, 0.2) is 54.6 Å². The molecule has 5 nitrogen and oxygen atoms in total. The molecule has 0 saturated carbocycles. The summed E-state index contributed by atoms with van der Waals surface area (Å²) in [6.07, 6.45) is 0.358. The molecular formula is C22H20N2O3S. The molecule has 0 aliphatic carbocycles. The van der Waals surface area contributed by atoms with E-state index in [9.17, 15) is 9.59 Å². The minimum atomic E-state index is -0.161. The molecule has 0 saturated heterocycles. The number of carbonyl (C=O) groups is 2. The number of para-hydroxylation sites is 1. The number of hydrogen-bond donors (Lipinski definition) is 2. The summed E-state index contributed by atoms with van der Waals surface area (Å²) in [5.74, 6) is 0.494. The zero-order valence-electron chi connectivity index (χ0n) is 15.6. The highest BCUT2D eigenvalue weighted by Gasteiger charge is 2.32. The fraction of sp³-hybridized carbons (Fsp3) is 0.182. The van der Waals surface area contributed by atoms with Crippen LogP contribution in [0.3, 0.4) is 0 Å². The summed E-state index contributed by atoms with van der Waals surface area (Å²) in [6, 6.07) is 17.1. The fourth-order valence-electron chi connectivity index (χ4n) is 3.55. The van der Waals surface area contributed by atoms with Crippen LogP contribution in [0.4, 0.5) is 10.7 Å². The Hall–Kier alpha value is -3.12. The number of ether oxygens (including phenoxy) is 1. The van der Waals surface area contributed by atoms with E-state index in [1.807, 2.05) is 61.5 Å². The quantitative estimate of drug-likeness (QED) is 0.671. The summed E-state index contributed by atoms with van der Waals surface area (Å²) in [4.78, 5) is 25.7. The van der Waals surface area contributed by atoms with E-state index in [1.54, 1.807) is 7.11 Å². The van der Waals surface area contributed by atoms with Crippen LogP contribution in [0.5, 0.6) is 5.75 Å². The van der Waals surface area contributed by atoms with E-state index in [-0.39, 0.29) is 17.7 Å². The normalized spacial score (nSPS) is 15.5. The highest BCUT2D eigenvalue weighted by Crippen LogP contribution is 2.45. The first kappa shape index (κ1) is 18.3. The van der Waals surface area contributed by atoms with Gasteiger partial charge in [-0.15, -0.1) is 11.3 Å². The summed E-state index contributed by atoms with van der Waals surface area (Å²) in [5.41, 5.74) is 3.71. The number of anilines is 2. The van der Waals surface area contributed by atoms with Crippen LogP contribution >= 0.6 is 11.3 Å². The minimum Gasteiger partial charge on any atom is -0.497 e. The number of thiophene rings is 1. The Kier molecular flexibility index (Phi) is 4.88. The molecule has 2 heterocycles. The molecule has 6 heteroatoms. The Bertz CT molecular complexity index is 1030. The molecular weight excluding hydrogens is 372 g/mol. The van der Waals surface area contributed by atoms with Crippen LogP contribution in [-0.2, 0) is 4.79 Å². The second kappa shape index (κ2) is 7.48. The van der Waals surface area contributed by atoms with Gasteiger partial charge in [0.05, 0.1) is 17.0 Å². The third-order valence-electron chi connectivity index (χ3n) is 4.94. The molecule has 4 rings (SSSR count). The Labute approximate surface area is 167 Å². The zero-order valence-corrected chi connectivity index (χ0v) is 16.4. The summed E-state index contributed by atoms with van der Waals surface area (Å²) in [6.45, 7) is 1.95. The Balaban J connectivity index is 1.70. The van der Waals surface area contributed by atoms with Crippen LogP contribution < -0.4 is 15.4 Å². The number of rotatable bonds is 4. The lowest BCUT2D eigenvalue weighted by molar-refractivity contribution is -0.116. The Morgan fingerprint density at radius 1 is 1.14 bits per heavy atom. The van der Waals surface area contributed by atoms with Crippen molar-refractivity contribution in [2.75, 3.05) is 17.7 Å². The maximum Gasteiger partial charge on any atom is 0.266 e. The smallest absolute Gasteiger partial charge is 0.266 e. The lowest BCUT2D eigenvalue weighted by atomic mass is 9.85. The third-order valence-corrected chi connectivity index (χ3v) is 6.16. The fourth-order valence-corrected chi connectivity index (χ4v) is 4.73. The summed E-state index contributed by atoms with van der Waals surface area (Å²) in [5, 5.41) is 6.63. The highest BCUT2D eigenvalue weighted by molar-refractivity contribution is 7.18. The van der Waals surface area contributed by atoms with Gasteiger partial charge >= 0.3 is 0 Å². The molecule has 1 aromatic heterocycles. The van der Waals surface area contributed by atoms with Gasteiger partial charge in [-0.25, -0.2) is 0 Å². The van der Waals surface area contributed by atoms with Gasteiger partial charge in [-0.2, -0.15) is 0 Å². The predicted octanol–water partition coefficient (Wildman–Crippen LogP) is 4.79. The molecule has 2 N–H and O–H groups in total. The number of nitrogens with one attached hydrogen (secondary N) is 2. The van der Waals surface area contributed by atoms with E-state index in [1.165, 1.54) is 11.3 Å². The number of hydrogen-bond acceptors (Lipinski definition) is 4. The number of carbonyl (C=O) groups excluding carboxylic acids is 2. The van der Waals surface area contributed by atoms with Crippen LogP contribution in [0, 0.1) is 6.92 Å². The van der Waals surface area contributed by atoms with Gasteiger partial charge in [0.2, 0.25) is 5.91 Å². The van der Waals surface area contributed by atoms with Gasteiger partial charge in [-0.1, -0.05) is 30.3 Å². The van der Waals surface area contributed by atoms with Crippen LogP contribution in [0.25, 0.3) is 0 Å². The third kappa shape index (κ3) is 3.39. The lowest BCUT2D eigenvalue weighted by Crippen LogP contribution is -2.22. The van der Waals surface area contributed by atoms with Crippen LogP contribution in [0.1, 0.15) is 38.7 Å². The number of fused-ring (bicyclic) bond motifs is 1. The van der Waals surface area contributed by atoms with Gasteiger partial charge in [-0.05, 0) is 47.9 Å². The van der Waals surface area contributed by atoms with Crippen molar-refractivity contribution in [1.29, 1.82) is 0 Å². The van der Waals surface area contributed by atoms with E-state index < -0.39 is 0 Å². The predicted molar refractivity (Wildman–Crippen MR) is 112 cm³/mol. The van der Waals surface area contributed by atoms with Crippen LogP contribution in [-0.4, -0.2) is 18.9 Å². The van der Waals surface area contributed by atoms with Crippen molar-refractivity contribution in [3.05, 3.63) is 76.2 Å². The first-order chi connectivity index (χ1) is 13.6. The second-order valence-corrected chi connectivity index (χ2v) is 7.72. The maximum absolute atomic E-state index is 12.8. The lowest BCUT2D eigenvalue weighted by Gasteiger charge is -2.24. The summed E-state index contributed by atoms with van der Waals surface area (Å²) < 4.78 is 5.23. The van der Waals surface area contributed by atoms with Gasteiger partial charge in [-0.3, -0.25) is 9.59 Å². The number of methoxy groups -OCH3 is 1. The highest BCUT2D eigenvalue weighted by atomic mass is 32.1. The molecule has 142 valence electrons. The standard InChI is InChI=1S/C22H20N2O3S/c1-13-19-17(14-8-10-16(27-2)11-9-14)12-18(25)24-22(19)28-20(13)21(26)23-15-6-4-3-5-7-15/h3-11,17H,12H2,1-2H3,(H,23,26)(H,24,25).